The number of hydrogen-bond acceptors (Lipinski definition) is 6. The van der Waals surface area contributed by atoms with Crippen LogP contribution in [0.25, 0.3) is 10.9 Å². The molecule has 0 bridgehead atoms. The summed E-state index contributed by atoms with van der Waals surface area (Å²) in [4.78, 5) is 19.3. The Morgan fingerprint density at radius 1 is 0.968 bits per heavy atom. The van der Waals surface area contributed by atoms with Gasteiger partial charge in [0.25, 0.3) is 0 Å². The normalized spacial score (nSPS) is 15.0. The third kappa shape index (κ3) is 3.90. The van der Waals surface area contributed by atoms with Crippen LogP contribution in [0.1, 0.15) is 30.1 Å². The van der Waals surface area contributed by atoms with Gasteiger partial charge in [0.1, 0.15) is 5.82 Å². The van der Waals surface area contributed by atoms with Gasteiger partial charge in [-0.3, -0.25) is 9.97 Å². The molecular weight excluding hydrogens is 400 g/mol. The highest BCUT2D eigenvalue weighted by Gasteiger charge is 2.23. The van der Waals surface area contributed by atoms with Crippen LogP contribution < -0.4 is 10.6 Å². The molecule has 1 aliphatic rings. The lowest BCUT2D eigenvalue weighted by atomic mass is 9.94. The number of rotatable bonds is 4. The van der Waals surface area contributed by atoms with Crippen molar-refractivity contribution in [2.24, 2.45) is 0 Å². The minimum atomic E-state index is -0.436. The molecular formula is C22H21F2N7. The first kappa shape index (κ1) is 19.3. The maximum absolute atomic E-state index is 14.4. The molecule has 0 saturated carbocycles. The molecule has 5 rings (SSSR count). The number of benzene rings is 1. The lowest BCUT2D eigenvalue weighted by molar-refractivity contribution is 0.487. The summed E-state index contributed by atoms with van der Waals surface area (Å²) in [5.74, 6) is 0.0653. The zero-order chi connectivity index (χ0) is 21.4. The van der Waals surface area contributed by atoms with Crippen LogP contribution in [-0.4, -0.2) is 37.6 Å². The molecule has 1 aliphatic heterocycles. The molecule has 0 amide bonds. The Kier molecular flexibility index (Phi) is 4.93. The van der Waals surface area contributed by atoms with Crippen LogP contribution in [0.3, 0.4) is 0 Å². The quantitative estimate of drug-likeness (QED) is 0.508. The van der Waals surface area contributed by atoms with Gasteiger partial charge in [0.15, 0.2) is 5.82 Å². The smallest absolute Gasteiger partial charge is 0.225 e. The number of anilines is 2. The second-order valence-electron chi connectivity index (χ2n) is 7.78. The molecule has 9 heteroatoms. The Labute approximate surface area is 177 Å². The van der Waals surface area contributed by atoms with E-state index in [-0.39, 0.29) is 5.82 Å². The third-order valence-corrected chi connectivity index (χ3v) is 5.70. The van der Waals surface area contributed by atoms with Crippen molar-refractivity contribution in [2.75, 3.05) is 23.7 Å². The highest BCUT2D eigenvalue weighted by molar-refractivity contribution is 5.84. The van der Waals surface area contributed by atoms with Crippen LogP contribution in [0.15, 0.2) is 49.2 Å². The van der Waals surface area contributed by atoms with Crippen molar-refractivity contribution < 1.29 is 8.78 Å². The molecule has 0 aliphatic carbocycles. The van der Waals surface area contributed by atoms with E-state index in [2.05, 4.69) is 24.8 Å². The summed E-state index contributed by atoms with van der Waals surface area (Å²) in [7, 11) is 0. The molecule has 0 unspecified atom stereocenters. The molecule has 0 radical (unpaired) electrons. The Morgan fingerprint density at radius 2 is 1.74 bits per heavy atom. The topological polar surface area (TPSA) is 85.8 Å². The van der Waals surface area contributed by atoms with Crippen LogP contribution in [0, 0.1) is 11.6 Å². The van der Waals surface area contributed by atoms with E-state index < -0.39 is 5.82 Å². The number of aromatic nitrogens is 5. The number of nitrogen functional groups attached to an aromatic ring is 1. The fourth-order valence-electron chi connectivity index (χ4n) is 4.12. The molecule has 1 fully saturated rings. The zero-order valence-electron chi connectivity index (χ0n) is 16.7. The molecule has 4 heterocycles. The predicted molar refractivity (Wildman–Crippen MR) is 114 cm³/mol. The molecule has 158 valence electrons. The van der Waals surface area contributed by atoms with Crippen molar-refractivity contribution in [3.63, 3.8) is 0 Å². The number of fused-ring (bicyclic) bond motifs is 1. The van der Waals surface area contributed by atoms with E-state index in [9.17, 15) is 8.78 Å². The summed E-state index contributed by atoms with van der Waals surface area (Å²) in [6.07, 6.45) is 9.56. The summed E-state index contributed by atoms with van der Waals surface area (Å²) in [6, 6.07) is 4.93. The van der Waals surface area contributed by atoms with Crippen molar-refractivity contribution in [1.29, 1.82) is 0 Å². The highest BCUT2D eigenvalue weighted by atomic mass is 19.1. The van der Waals surface area contributed by atoms with Gasteiger partial charge in [-0.15, -0.1) is 0 Å². The molecule has 7 nitrogen and oxygen atoms in total. The van der Waals surface area contributed by atoms with Crippen LogP contribution >= 0.6 is 0 Å². The van der Waals surface area contributed by atoms with E-state index in [0.29, 0.717) is 29.6 Å². The average Bonchev–Trinajstić information content (AvgIpc) is 3.18. The van der Waals surface area contributed by atoms with Gasteiger partial charge >= 0.3 is 0 Å². The van der Waals surface area contributed by atoms with Gasteiger partial charge in [0.2, 0.25) is 5.95 Å². The van der Waals surface area contributed by atoms with Crippen LogP contribution in [0.5, 0.6) is 0 Å². The molecule has 0 atom stereocenters. The van der Waals surface area contributed by atoms with Crippen LogP contribution in [0.2, 0.25) is 0 Å². The summed E-state index contributed by atoms with van der Waals surface area (Å²) in [5, 5.41) is 0.763. The Hall–Kier alpha value is -3.62. The number of piperidine rings is 1. The Morgan fingerprint density at radius 3 is 2.45 bits per heavy atom. The molecule has 2 N–H and O–H groups in total. The van der Waals surface area contributed by atoms with Gasteiger partial charge in [-0.25, -0.2) is 18.7 Å². The summed E-state index contributed by atoms with van der Waals surface area (Å²) < 4.78 is 29.2. The van der Waals surface area contributed by atoms with Crippen LogP contribution in [0.4, 0.5) is 20.4 Å². The van der Waals surface area contributed by atoms with Gasteiger partial charge in [-0.2, -0.15) is 0 Å². The lowest BCUT2D eigenvalue weighted by Crippen LogP contribution is -2.34. The molecule has 31 heavy (non-hydrogen) atoms. The minimum Gasteiger partial charge on any atom is -0.399 e. The van der Waals surface area contributed by atoms with Crippen molar-refractivity contribution in [1.82, 2.24) is 24.5 Å². The summed E-state index contributed by atoms with van der Waals surface area (Å²) in [5.41, 5.74) is 8.34. The van der Waals surface area contributed by atoms with Crippen molar-refractivity contribution in [3.05, 3.63) is 72.2 Å². The van der Waals surface area contributed by atoms with Gasteiger partial charge in [0.05, 0.1) is 42.0 Å². The molecule has 1 saturated heterocycles. The van der Waals surface area contributed by atoms with Gasteiger partial charge in [-0.1, -0.05) is 0 Å². The molecule has 1 aromatic carbocycles. The lowest BCUT2D eigenvalue weighted by Gasteiger charge is -2.31. The maximum Gasteiger partial charge on any atom is 0.225 e. The molecule has 4 aromatic rings. The predicted octanol–water partition coefficient (Wildman–Crippen LogP) is 3.51. The van der Waals surface area contributed by atoms with E-state index in [1.165, 1.54) is 18.5 Å². The fourth-order valence-corrected chi connectivity index (χ4v) is 4.12. The first-order valence-electron chi connectivity index (χ1n) is 10.1. The first-order valence-corrected chi connectivity index (χ1v) is 10.1. The maximum atomic E-state index is 14.4. The third-order valence-electron chi connectivity index (χ3n) is 5.70. The Balaban J connectivity index is 1.25. The molecule has 3 aromatic heterocycles. The first-order chi connectivity index (χ1) is 15.1. The standard InChI is InChI=1S/C22H21F2N7/c23-16-9-28-22(29-10-16)30-4-1-14(2-5-30)20-12-26-18(11-27-20)13-31-6-3-15-7-17(25)8-19(24)21(15)31/h3,6-12,14H,1-2,4-5,13,25H2. The van der Waals surface area contributed by atoms with Gasteiger partial charge in [0, 0.05) is 42.5 Å². The van der Waals surface area contributed by atoms with Gasteiger partial charge < -0.3 is 15.2 Å². The van der Waals surface area contributed by atoms with E-state index in [4.69, 9.17) is 5.73 Å². The highest BCUT2D eigenvalue weighted by Crippen LogP contribution is 2.28. The summed E-state index contributed by atoms with van der Waals surface area (Å²) >= 11 is 0. The minimum absolute atomic E-state index is 0.297. The number of nitrogens with zero attached hydrogens (tertiary/aromatic N) is 6. The van der Waals surface area contributed by atoms with E-state index in [0.717, 1.165) is 42.7 Å². The number of hydrogen-bond donors (Lipinski definition) is 1. The van der Waals surface area contributed by atoms with Crippen molar-refractivity contribution >= 4 is 22.5 Å². The Bertz CT molecular complexity index is 1200. The van der Waals surface area contributed by atoms with Crippen molar-refractivity contribution in [3.8, 4) is 0 Å². The summed E-state index contributed by atoms with van der Waals surface area (Å²) in [6.45, 7) is 1.98. The van der Waals surface area contributed by atoms with E-state index in [1.54, 1.807) is 12.3 Å². The monoisotopic (exact) mass is 421 g/mol. The SMILES string of the molecule is Nc1cc(F)c2c(ccn2Cc2cnc(C3CCN(c4ncc(F)cn4)CC3)cn2)c1. The average molecular weight is 421 g/mol. The molecule has 0 spiro atoms. The number of halogens is 2. The van der Waals surface area contributed by atoms with E-state index in [1.807, 2.05) is 23.0 Å². The van der Waals surface area contributed by atoms with Gasteiger partial charge in [-0.05, 0) is 31.0 Å². The second kappa shape index (κ2) is 7.90. The zero-order valence-corrected chi connectivity index (χ0v) is 16.7. The van der Waals surface area contributed by atoms with Crippen molar-refractivity contribution in [2.45, 2.75) is 25.3 Å². The van der Waals surface area contributed by atoms with E-state index >= 15 is 0 Å². The largest absolute Gasteiger partial charge is 0.399 e. The fraction of sp³-hybridized carbons (Fsp3) is 0.273. The van der Waals surface area contributed by atoms with Crippen LogP contribution in [-0.2, 0) is 6.54 Å². The second-order valence-corrected chi connectivity index (χ2v) is 7.78. The number of nitrogens with two attached hydrogens (primary N) is 1.